The van der Waals surface area contributed by atoms with Gasteiger partial charge in [-0.1, -0.05) is 6.42 Å². The van der Waals surface area contributed by atoms with Crippen LogP contribution in [-0.2, 0) is 21.2 Å². The van der Waals surface area contributed by atoms with Gasteiger partial charge in [0.05, 0.1) is 6.42 Å². The van der Waals surface area contributed by atoms with Gasteiger partial charge in [-0.25, -0.2) is 8.42 Å². The van der Waals surface area contributed by atoms with Crippen LogP contribution in [0.1, 0.15) is 37.0 Å². The monoisotopic (exact) mass is 371 g/mol. The molecular weight excluding hydrogens is 346 g/mol. The molecular formula is C16H25N3O3S2. The summed E-state index contributed by atoms with van der Waals surface area (Å²) < 4.78 is 27.3. The summed E-state index contributed by atoms with van der Waals surface area (Å²) in [4.78, 5) is 15.1. The number of hydrogen-bond donors (Lipinski definition) is 1. The van der Waals surface area contributed by atoms with Crippen molar-refractivity contribution in [1.29, 1.82) is 0 Å². The third-order valence-electron chi connectivity index (χ3n) is 4.84. The van der Waals surface area contributed by atoms with E-state index in [9.17, 15) is 13.2 Å². The highest BCUT2D eigenvalue weighted by Crippen LogP contribution is 2.28. The Bertz CT molecular complexity index is 680. The average molecular weight is 372 g/mol. The van der Waals surface area contributed by atoms with Crippen LogP contribution >= 0.6 is 11.3 Å². The van der Waals surface area contributed by atoms with Crippen LogP contribution < -0.4 is 5.73 Å². The number of likely N-dealkylation sites (tertiary alicyclic amines) is 1. The van der Waals surface area contributed by atoms with E-state index in [2.05, 4.69) is 0 Å². The fraction of sp³-hybridized carbons (Fsp3) is 0.688. The van der Waals surface area contributed by atoms with Crippen molar-refractivity contribution < 1.29 is 13.2 Å². The molecule has 1 amide bonds. The second kappa shape index (κ2) is 7.51. The zero-order valence-corrected chi connectivity index (χ0v) is 15.4. The molecule has 1 aromatic heterocycles. The Balaban J connectivity index is 1.68. The molecule has 6 nitrogen and oxygen atoms in total. The van der Waals surface area contributed by atoms with Crippen molar-refractivity contribution in [2.45, 2.75) is 48.8 Å². The SMILES string of the molecule is NCC1CCCN1C(=O)Cc1ccc(S(=O)(=O)N2CCCCC2)s1. The molecule has 1 atom stereocenters. The van der Waals surface area contributed by atoms with Crippen molar-refractivity contribution in [3.63, 3.8) is 0 Å². The quantitative estimate of drug-likeness (QED) is 0.848. The maximum atomic E-state index is 12.7. The number of piperidine rings is 1. The lowest BCUT2D eigenvalue weighted by atomic mass is 10.2. The van der Waals surface area contributed by atoms with Gasteiger partial charge in [-0.2, -0.15) is 4.31 Å². The zero-order chi connectivity index (χ0) is 17.2. The molecule has 2 aliphatic rings. The van der Waals surface area contributed by atoms with Gasteiger partial charge in [0.2, 0.25) is 5.91 Å². The van der Waals surface area contributed by atoms with Crippen LogP contribution in [0.2, 0.25) is 0 Å². The van der Waals surface area contributed by atoms with Crippen molar-refractivity contribution in [3.8, 4) is 0 Å². The van der Waals surface area contributed by atoms with E-state index < -0.39 is 10.0 Å². The van der Waals surface area contributed by atoms with Gasteiger partial charge < -0.3 is 10.6 Å². The molecule has 134 valence electrons. The summed E-state index contributed by atoms with van der Waals surface area (Å²) in [5.74, 6) is 0.0479. The summed E-state index contributed by atoms with van der Waals surface area (Å²) in [6, 6.07) is 3.54. The summed E-state index contributed by atoms with van der Waals surface area (Å²) in [6.07, 6.45) is 5.15. The minimum absolute atomic E-state index is 0.0479. The fourth-order valence-electron chi connectivity index (χ4n) is 3.48. The van der Waals surface area contributed by atoms with Crippen LogP contribution in [0.4, 0.5) is 0 Å². The summed E-state index contributed by atoms with van der Waals surface area (Å²) in [7, 11) is -3.40. The van der Waals surface area contributed by atoms with E-state index >= 15 is 0 Å². The summed E-state index contributed by atoms with van der Waals surface area (Å²) in [5.41, 5.74) is 5.72. The van der Waals surface area contributed by atoms with Crippen molar-refractivity contribution in [3.05, 3.63) is 17.0 Å². The summed E-state index contributed by atoms with van der Waals surface area (Å²) >= 11 is 1.22. The Morgan fingerprint density at radius 1 is 1.17 bits per heavy atom. The largest absolute Gasteiger partial charge is 0.338 e. The number of hydrogen-bond acceptors (Lipinski definition) is 5. The predicted molar refractivity (Wildman–Crippen MR) is 94.4 cm³/mol. The van der Waals surface area contributed by atoms with Gasteiger partial charge in [-0.3, -0.25) is 4.79 Å². The minimum atomic E-state index is -3.40. The molecule has 0 aromatic carbocycles. The first-order valence-corrected chi connectivity index (χ1v) is 10.9. The number of carbonyl (C=O) groups is 1. The molecule has 1 unspecified atom stereocenters. The predicted octanol–water partition coefficient (Wildman–Crippen LogP) is 1.41. The Morgan fingerprint density at radius 2 is 1.92 bits per heavy atom. The molecule has 2 saturated heterocycles. The summed E-state index contributed by atoms with van der Waals surface area (Å²) in [6.45, 7) is 2.44. The third-order valence-corrected chi connectivity index (χ3v) is 8.29. The van der Waals surface area contributed by atoms with Gasteiger partial charge in [0, 0.05) is 37.1 Å². The smallest absolute Gasteiger partial charge is 0.252 e. The van der Waals surface area contributed by atoms with E-state index in [0.717, 1.165) is 43.5 Å². The fourth-order valence-corrected chi connectivity index (χ4v) is 6.50. The van der Waals surface area contributed by atoms with Crippen LogP contribution in [0.25, 0.3) is 0 Å². The Kier molecular flexibility index (Phi) is 5.59. The molecule has 2 N–H and O–H groups in total. The van der Waals surface area contributed by atoms with E-state index in [0.29, 0.717) is 23.8 Å². The summed E-state index contributed by atoms with van der Waals surface area (Å²) in [5, 5.41) is 0. The molecule has 24 heavy (non-hydrogen) atoms. The molecule has 0 radical (unpaired) electrons. The molecule has 0 saturated carbocycles. The first-order chi connectivity index (χ1) is 11.5. The van der Waals surface area contributed by atoms with Gasteiger partial charge in [-0.05, 0) is 37.8 Å². The van der Waals surface area contributed by atoms with E-state index in [-0.39, 0.29) is 18.4 Å². The van der Waals surface area contributed by atoms with Crippen molar-refractivity contribution >= 4 is 27.3 Å². The zero-order valence-electron chi connectivity index (χ0n) is 13.8. The van der Waals surface area contributed by atoms with E-state index in [4.69, 9.17) is 5.73 Å². The van der Waals surface area contributed by atoms with Crippen molar-refractivity contribution in [2.24, 2.45) is 5.73 Å². The highest BCUT2D eigenvalue weighted by atomic mass is 32.2. The molecule has 1 aromatic rings. The lowest BCUT2D eigenvalue weighted by Gasteiger charge is -2.25. The molecule has 2 fully saturated rings. The lowest BCUT2D eigenvalue weighted by molar-refractivity contribution is -0.131. The van der Waals surface area contributed by atoms with Crippen LogP contribution in [0.3, 0.4) is 0 Å². The van der Waals surface area contributed by atoms with Crippen LogP contribution in [0.15, 0.2) is 16.3 Å². The second-order valence-electron chi connectivity index (χ2n) is 6.48. The molecule has 8 heteroatoms. The molecule has 3 rings (SSSR count). The van der Waals surface area contributed by atoms with Gasteiger partial charge in [0.1, 0.15) is 4.21 Å². The number of amides is 1. The van der Waals surface area contributed by atoms with Gasteiger partial charge >= 0.3 is 0 Å². The Labute approximate surface area is 147 Å². The molecule has 0 aliphatic carbocycles. The second-order valence-corrected chi connectivity index (χ2v) is 9.81. The van der Waals surface area contributed by atoms with Crippen molar-refractivity contribution in [2.75, 3.05) is 26.2 Å². The van der Waals surface area contributed by atoms with Crippen LogP contribution in [0.5, 0.6) is 0 Å². The normalized spacial score (nSPS) is 22.9. The Morgan fingerprint density at radius 3 is 2.62 bits per heavy atom. The number of sulfonamides is 1. The molecule has 0 bridgehead atoms. The van der Waals surface area contributed by atoms with Gasteiger partial charge in [0.15, 0.2) is 0 Å². The Hall–Kier alpha value is -0.960. The molecule has 2 aliphatic heterocycles. The minimum Gasteiger partial charge on any atom is -0.338 e. The standard InChI is InChI=1S/C16H25N3O3S2/c17-12-13-5-4-10-19(13)15(20)11-14-6-7-16(23-14)24(21,22)18-8-2-1-3-9-18/h6-7,13H,1-5,8-12,17H2. The molecule has 0 spiro atoms. The van der Waals surface area contributed by atoms with Gasteiger partial charge in [-0.15, -0.1) is 11.3 Å². The highest BCUT2D eigenvalue weighted by molar-refractivity contribution is 7.91. The van der Waals surface area contributed by atoms with Gasteiger partial charge in [0.25, 0.3) is 10.0 Å². The number of carbonyl (C=O) groups excluding carboxylic acids is 1. The molecule has 3 heterocycles. The van der Waals surface area contributed by atoms with E-state index in [1.165, 1.54) is 11.3 Å². The van der Waals surface area contributed by atoms with E-state index in [1.807, 2.05) is 4.90 Å². The van der Waals surface area contributed by atoms with Crippen molar-refractivity contribution in [1.82, 2.24) is 9.21 Å². The maximum absolute atomic E-state index is 12.7. The number of rotatable bonds is 5. The lowest BCUT2D eigenvalue weighted by Crippen LogP contribution is -2.40. The number of nitrogens with zero attached hydrogens (tertiary/aromatic N) is 2. The van der Waals surface area contributed by atoms with E-state index in [1.54, 1.807) is 16.4 Å². The highest BCUT2D eigenvalue weighted by Gasteiger charge is 2.30. The number of thiophene rings is 1. The number of nitrogens with two attached hydrogens (primary N) is 1. The van der Waals surface area contributed by atoms with Crippen LogP contribution in [-0.4, -0.2) is 55.8 Å². The first-order valence-electron chi connectivity index (χ1n) is 8.61. The first kappa shape index (κ1) is 17.8. The van der Waals surface area contributed by atoms with Crippen LogP contribution in [0, 0.1) is 0 Å². The third kappa shape index (κ3) is 3.66. The average Bonchev–Trinajstić information content (AvgIpc) is 3.24. The maximum Gasteiger partial charge on any atom is 0.252 e. The topological polar surface area (TPSA) is 83.7 Å².